The fourth-order valence-electron chi connectivity index (χ4n) is 1.38. The van der Waals surface area contributed by atoms with E-state index in [2.05, 4.69) is 0 Å². The first-order valence-electron chi connectivity index (χ1n) is 4.88. The molecular weight excluding hydrogens is 249 g/mol. The molecule has 0 bridgehead atoms. The summed E-state index contributed by atoms with van der Waals surface area (Å²) in [6.45, 7) is 0. The van der Waals surface area contributed by atoms with Gasteiger partial charge in [0.25, 0.3) is 0 Å². The highest BCUT2D eigenvalue weighted by molar-refractivity contribution is 7.19. The maximum absolute atomic E-state index is 12.1. The Balaban J connectivity index is 2.21. The van der Waals surface area contributed by atoms with Crippen LogP contribution in [0.4, 0.5) is 13.2 Å². The van der Waals surface area contributed by atoms with Gasteiger partial charge in [-0.1, -0.05) is 18.2 Å². The number of hydrogen-bond acceptors (Lipinski definition) is 2. The van der Waals surface area contributed by atoms with Gasteiger partial charge < -0.3 is 5.11 Å². The van der Waals surface area contributed by atoms with Gasteiger partial charge in [-0.05, 0) is 29.7 Å². The molecule has 1 aromatic heterocycles. The molecule has 1 aromatic carbocycles. The lowest BCUT2D eigenvalue weighted by Crippen LogP contribution is -2.25. The number of rotatable bonds is 2. The minimum absolute atomic E-state index is 0.689. The Hall–Kier alpha value is -1.33. The summed E-state index contributed by atoms with van der Waals surface area (Å²) in [5.74, 6) is 0. The number of aliphatic hydroxyl groups is 1. The van der Waals surface area contributed by atoms with E-state index in [4.69, 9.17) is 5.11 Å². The first-order chi connectivity index (χ1) is 7.97. The Bertz CT molecular complexity index is 509. The molecule has 0 spiro atoms. The SMILES string of the molecule is OC(/C=C/c1cc2ccccc2s1)C(F)(F)F. The third-order valence-corrected chi connectivity index (χ3v) is 3.30. The Morgan fingerprint density at radius 2 is 1.94 bits per heavy atom. The number of benzene rings is 1. The first-order valence-corrected chi connectivity index (χ1v) is 5.70. The van der Waals surface area contributed by atoms with Gasteiger partial charge in [0.15, 0.2) is 6.10 Å². The molecule has 0 amide bonds. The summed E-state index contributed by atoms with van der Waals surface area (Å²) in [6, 6.07) is 9.32. The smallest absolute Gasteiger partial charge is 0.380 e. The van der Waals surface area contributed by atoms with Crippen molar-refractivity contribution in [2.24, 2.45) is 0 Å². The van der Waals surface area contributed by atoms with Crippen molar-refractivity contribution in [2.75, 3.05) is 0 Å². The number of fused-ring (bicyclic) bond motifs is 1. The monoisotopic (exact) mass is 258 g/mol. The summed E-state index contributed by atoms with van der Waals surface area (Å²) in [7, 11) is 0. The second kappa shape index (κ2) is 4.50. The predicted molar refractivity (Wildman–Crippen MR) is 62.9 cm³/mol. The van der Waals surface area contributed by atoms with Gasteiger partial charge >= 0.3 is 6.18 Å². The van der Waals surface area contributed by atoms with E-state index in [1.807, 2.05) is 24.3 Å². The maximum atomic E-state index is 12.1. The van der Waals surface area contributed by atoms with Gasteiger partial charge in [-0.3, -0.25) is 0 Å². The average Bonchev–Trinajstić information content (AvgIpc) is 2.66. The van der Waals surface area contributed by atoms with E-state index in [9.17, 15) is 13.2 Å². The molecule has 0 saturated heterocycles. The molecule has 1 N–H and O–H groups in total. The molecule has 1 atom stereocenters. The summed E-state index contributed by atoms with van der Waals surface area (Å²) < 4.78 is 37.2. The summed E-state index contributed by atoms with van der Waals surface area (Å²) in [5.41, 5.74) is 0. The molecule has 1 unspecified atom stereocenters. The highest BCUT2D eigenvalue weighted by atomic mass is 32.1. The van der Waals surface area contributed by atoms with E-state index in [0.29, 0.717) is 4.88 Å². The van der Waals surface area contributed by atoms with Crippen molar-refractivity contribution in [2.45, 2.75) is 12.3 Å². The van der Waals surface area contributed by atoms with Gasteiger partial charge in [-0.2, -0.15) is 13.2 Å². The summed E-state index contributed by atoms with van der Waals surface area (Å²) in [6.07, 6.45) is -4.96. The van der Waals surface area contributed by atoms with Crippen molar-refractivity contribution < 1.29 is 18.3 Å². The van der Waals surface area contributed by atoms with Crippen molar-refractivity contribution in [3.63, 3.8) is 0 Å². The van der Waals surface area contributed by atoms with Crippen LogP contribution in [0.15, 0.2) is 36.4 Å². The Morgan fingerprint density at radius 1 is 1.24 bits per heavy atom. The third kappa shape index (κ3) is 2.87. The van der Waals surface area contributed by atoms with Crippen molar-refractivity contribution in [1.29, 1.82) is 0 Å². The summed E-state index contributed by atoms with van der Waals surface area (Å²) in [5, 5.41) is 9.80. The van der Waals surface area contributed by atoms with Gasteiger partial charge in [0.05, 0.1) is 0 Å². The maximum Gasteiger partial charge on any atom is 0.417 e. The summed E-state index contributed by atoms with van der Waals surface area (Å²) >= 11 is 1.38. The molecule has 17 heavy (non-hydrogen) atoms. The van der Waals surface area contributed by atoms with Crippen LogP contribution in [0.3, 0.4) is 0 Å². The lowest BCUT2D eigenvalue weighted by molar-refractivity contribution is -0.187. The van der Waals surface area contributed by atoms with Gasteiger partial charge in [-0.25, -0.2) is 0 Å². The standard InChI is InChI=1S/C12H9F3OS/c13-12(14,15)11(16)6-5-9-7-8-3-1-2-4-10(8)17-9/h1-7,11,16H/b6-5+. The molecule has 0 aliphatic heterocycles. The van der Waals surface area contributed by atoms with E-state index in [0.717, 1.165) is 16.2 Å². The van der Waals surface area contributed by atoms with Crippen LogP contribution in [0.2, 0.25) is 0 Å². The van der Waals surface area contributed by atoms with Crippen molar-refractivity contribution in [3.05, 3.63) is 41.3 Å². The quantitative estimate of drug-likeness (QED) is 0.867. The molecule has 0 fully saturated rings. The zero-order chi connectivity index (χ0) is 12.5. The van der Waals surface area contributed by atoms with Crippen LogP contribution in [0.5, 0.6) is 0 Å². The minimum Gasteiger partial charge on any atom is -0.380 e. The van der Waals surface area contributed by atoms with Crippen LogP contribution in [0.1, 0.15) is 4.88 Å². The normalized spacial score (nSPS) is 14.6. The van der Waals surface area contributed by atoms with Gasteiger partial charge in [0.1, 0.15) is 0 Å². The first kappa shape index (κ1) is 12.1. The molecule has 1 heterocycles. The Labute approximate surface area is 99.8 Å². The third-order valence-electron chi connectivity index (χ3n) is 2.22. The molecule has 1 nitrogen and oxygen atoms in total. The van der Waals surface area contributed by atoms with E-state index in [1.54, 1.807) is 6.07 Å². The van der Waals surface area contributed by atoms with Gasteiger partial charge in [0.2, 0.25) is 0 Å². The zero-order valence-corrected chi connectivity index (χ0v) is 9.42. The van der Waals surface area contributed by atoms with Crippen LogP contribution < -0.4 is 0 Å². The van der Waals surface area contributed by atoms with E-state index >= 15 is 0 Å². The lowest BCUT2D eigenvalue weighted by atomic mass is 10.2. The van der Waals surface area contributed by atoms with Crippen molar-refractivity contribution in [1.82, 2.24) is 0 Å². The number of thiophene rings is 1. The van der Waals surface area contributed by atoms with Crippen molar-refractivity contribution >= 4 is 27.5 Å². The molecule has 0 aliphatic carbocycles. The van der Waals surface area contributed by atoms with Crippen LogP contribution in [-0.4, -0.2) is 17.4 Å². The second-order valence-corrected chi connectivity index (χ2v) is 4.65. The van der Waals surface area contributed by atoms with Crippen LogP contribution in [0, 0.1) is 0 Å². The number of halogens is 3. The average molecular weight is 258 g/mol. The van der Waals surface area contributed by atoms with Crippen LogP contribution in [0.25, 0.3) is 16.2 Å². The van der Waals surface area contributed by atoms with Gasteiger partial charge in [-0.15, -0.1) is 11.3 Å². The highest BCUT2D eigenvalue weighted by Crippen LogP contribution is 2.27. The van der Waals surface area contributed by atoms with E-state index in [-0.39, 0.29) is 0 Å². The number of hydrogen-bond donors (Lipinski definition) is 1. The topological polar surface area (TPSA) is 20.2 Å². The zero-order valence-electron chi connectivity index (χ0n) is 8.61. The summed E-state index contributed by atoms with van der Waals surface area (Å²) in [4.78, 5) is 0.689. The molecule has 0 radical (unpaired) electrons. The molecule has 0 saturated carbocycles. The number of aliphatic hydroxyl groups excluding tert-OH is 1. The minimum atomic E-state index is -4.60. The molecule has 90 valence electrons. The fourth-order valence-corrected chi connectivity index (χ4v) is 2.36. The largest absolute Gasteiger partial charge is 0.417 e. The molecule has 0 aliphatic rings. The molecule has 2 rings (SSSR count). The lowest BCUT2D eigenvalue weighted by Gasteiger charge is -2.08. The second-order valence-electron chi connectivity index (χ2n) is 3.53. The highest BCUT2D eigenvalue weighted by Gasteiger charge is 2.36. The Kier molecular flexibility index (Phi) is 3.22. The van der Waals surface area contributed by atoms with Crippen molar-refractivity contribution in [3.8, 4) is 0 Å². The molecule has 2 aromatic rings. The van der Waals surface area contributed by atoms with Crippen LogP contribution in [-0.2, 0) is 0 Å². The van der Waals surface area contributed by atoms with Crippen LogP contribution >= 0.6 is 11.3 Å². The van der Waals surface area contributed by atoms with Gasteiger partial charge in [0, 0.05) is 9.58 Å². The van der Waals surface area contributed by atoms with E-state index in [1.165, 1.54) is 17.4 Å². The fraction of sp³-hybridized carbons (Fsp3) is 0.167. The Morgan fingerprint density at radius 3 is 2.59 bits per heavy atom. The molecule has 5 heteroatoms. The number of alkyl halides is 3. The molecular formula is C12H9F3OS. The van der Waals surface area contributed by atoms with E-state index < -0.39 is 12.3 Å². The predicted octanol–water partition coefficient (Wildman–Crippen LogP) is 3.84.